The second-order valence-electron chi connectivity index (χ2n) is 7.45. The summed E-state index contributed by atoms with van der Waals surface area (Å²) in [6, 6.07) is 7.32. The second-order valence-corrected chi connectivity index (χ2v) is 9.38. The molecule has 0 spiro atoms. The fourth-order valence-electron chi connectivity index (χ4n) is 2.91. The Hall–Kier alpha value is -1.60. The number of benzene rings is 1. The molecule has 1 N–H and O–H groups in total. The van der Waals surface area contributed by atoms with Gasteiger partial charge in [-0.05, 0) is 36.0 Å². The highest BCUT2D eigenvalue weighted by molar-refractivity contribution is 7.88. The fraction of sp³-hybridized carbons (Fsp3) is 0.611. The van der Waals surface area contributed by atoms with Gasteiger partial charge in [0.15, 0.2) is 0 Å². The lowest BCUT2D eigenvalue weighted by Gasteiger charge is -2.21. The molecule has 0 aliphatic carbocycles. The Labute approximate surface area is 150 Å². The number of hydrogen-bond acceptors (Lipinski definition) is 4. The fourth-order valence-corrected chi connectivity index (χ4v) is 4.04. The van der Waals surface area contributed by atoms with Crippen molar-refractivity contribution in [1.82, 2.24) is 9.62 Å². The summed E-state index contributed by atoms with van der Waals surface area (Å²) in [4.78, 5) is 12.2. The summed E-state index contributed by atoms with van der Waals surface area (Å²) >= 11 is 0. The topological polar surface area (TPSA) is 75.7 Å². The van der Waals surface area contributed by atoms with Gasteiger partial charge in [-0.2, -0.15) is 4.31 Å². The molecule has 1 aromatic rings. The van der Waals surface area contributed by atoms with Gasteiger partial charge in [-0.25, -0.2) is 8.42 Å². The number of ether oxygens (including phenoxy) is 1. The molecule has 1 amide bonds. The zero-order chi connectivity index (χ0) is 18.7. The van der Waals surface area contributed by atoms with Crippen molar-refractivity contribution in [1.29, 1.82) is 0 Å². The van der Waals surface area contributed by atoms with Crippen molar-refractivity contribution in [2.45, 2.75) is 45.1 Å². The minimum atomic E-state index is -3.35. The molecule has 7 heteroatoms. The molecular weight excluding hydrogens is 340 g/mol. The monoisotopic (exact) mass is 368 g/mol. The van der Waals surface area contributed by atoms with Crippen LogP contribution in [0.4, 0.5) is 0 Å². The van der Waals surface area contributed by atoms with E-state index in [4.69, 9.17) is 4.74 Å². The summed E-state index contributed by atoms with van der Waals surface area (Å²) in [6.07, 6.45) is 2.42. The van der Waals surface area contributed by atoms with E-state index in [0.29, 0.717) is 32.5 Å². The molecule has 1 saturated heterocycles. The Bertz CT molecular complexity index is 693. The third kappa shape index (κ3) is 5.44. The van der Waals surface area contributed by atoms with Gasteiger partial charge in [-0.15, -0.1) is 0 Å². The molecular formula is C18H28N2O4S. The molecule has 0 radical (unpaired) electrons. The van der Waals surface area contributed by atoms with E-state index in [0.717, 1.165) is 12.0 Å². The Balaban J connectivity index is 1.78. The number of nitrogens with one attached hydrogen (secondary N) is 1. The molecule has 0 bridgehead atoms. The van der Waals surface area contributed by atoms with Gasteiger partial charge in [-0.3, -0.25) is 4.79 Å². The average molecular weight is 368 g/mol. The average Bonchev–Trinajstić information content (AvgIpc) is 3.01. The lowest BCUT2D eigenvalue weighted by Crippen LogP contribution is -2.46. The lowest BCUT2D eigenvalue weighted by atomic mass is 9.87. The van der Waals surface area contributed by atoms with Gasteiger partial charge in [0, 0.05) is 6.54 Å². The van der Waals surface area contributed by atoms with E-state index in [9.17, 15) is 13.2 Å². The molecule has 2 rings (SSSR count). The zero-order valence-electron chi connectivity index (χ0n) is 15.4. The molecule has 1 fully saturated rings. The van der Waals surface area contributed by atoms with Crippen LogP contribution in [0.25, 0.3) is 0 Å². The van der Waals surface area contributed by atoms with Crippen molar-refractivity contribution < 1.29 is 17.9 Å². The van der Waals surface area contributed by atoms with Crippen molar-refractivity contribution in [2.24, 2.45) is 0 Å². The van der Waals surface area contributed by atoms with Gasteiger partial charge in [0.2, 0.25) is 15.9 Å². The van der Waals surface area contributed by atoms with E-state index >= 15 is 0 Å². The normalized spacial score (nSPS) is 19.0. The van der Waals surface area contributed by atoms with Crippen molar-refractivity contribution in [3.05, 3.63) is 29.8 Å². The molecule has 1 aromatic carbocycles. The Morgan fingerprint density at radius 1 is 1.28 bits per heavy atom. The smallest absolute Gasteiger partial charge is 0.238 e. The largest absolute Gasteiger partial charge is 0.492 e. The molecule has 1 aliphatic heterocycles. The van der Waals surface area contributed by atoms with Crippen LogP contribution in [0.3, 0.4) is 0 Å². The minimum absolute atomic E-state index is 0.0965. The molecule has 25 heavy (non-hydrogen) atoms. The van der Waals surface area contributed by atoms with E-state index in [1.54, 1.807) is 0 Å². The van der Waals surface area contributed by atoms with Crippen LogP contribution in [0.5, 0.6) is 5.75 Å². The van der Waals surface area contributed by atoms with Crippen LogP contribution in [0.2, 0.25) is 0 Å². The number of rotatable bonds is 6. The first kappa shape index (κ1) is 19.7. The van der Waals surface area contributed by atoms with Crippen molar-refractivity contribution in [3.8, 4) is 5.75 Å². The van der Waals surface area contributed by atoms with Gasteiger partial charge in [-0.1, -0.05) is 32.9 Å². The highest BCUT2D eigenvalue weighted by Gasteiger charge is 2.36. The first-order valence-electron chi connectivity index (χ1n) is 8.57. The Morgan fingerprint density at radius 2 is 1.92 bits per heavy atom. The quantitative estimate of drug-likeness (QED) is 0.778. The van der Waals surface area contributed by atoms with Crippen LogP contribution < -0.4 is 10.1 Å². The Morgan fingerprint density at radius 3 is 2.48 bits per heavy atom. The predicted octanol–water partition coefficient (Wildman–Crippen LogP) is 1.90. The summed E-state index contributed by atoms with van der Waals surface area (Å²) in [5, 5.41) is 2.76. The maximum Gasteiger partial charge on any atom is 0.238 e. The van der Waals surface area contributed by atoms with Gasteiger partial charge in [0.05, 0.1) is 12.8 Å². The van der Waals surface area contributed by atoms with Crippen molar-refractivity contribution >= 4 is 15.9 Å². The maximum atomic E-state index is 12.2. The SMILES string of the molecule is CC(C)(C)c1ccc(OCCNC(=O)C2CCCN2S(C)(=O)=O)cc1. The van der Waals surface area contributed by atoms with Crippen LogP contribution in [-0.2, 0) is 20.2 Å². The van der Waals surface area contributed by atoms with E-state index < -0.39 is 16.1 Å². The molecule has 0 aromatic heterocycles. The molecule has 140 valence electrons. The number of hydrogen-bond donors (Lipinski definition) is 1. The van der Waals surface area contributed by atoms with E-state index in [2.05, 4.69) is 26.1 Å². The number of carbonyl (C=O) groups is 1. The Kier molecular flexibility index (Phi) is 6.11. The van der Waals surface area contributed by atoms with E-state index in [1.807, 2.05) is 24.3 Å². The second kappa shape index (κ2) is 7.74. The summed E-state index contributed by atoms with van der Waals surface area (Å²) in [6.45, 7) is 7.55. The zero-order valence-corrected chi connectivity index (χ0v) is 16.2. The summed E-state index contributed by atoms with van der Waals surface area (Å²) in [7, 11) is -3.35. The van der Waals surface area contributed by atoms with Crippen LogP contribution in [-0.4, -0.2) is 50.6 Å². The van der Waals surface area contributed by atoms with Gasteiger partial charge >= 0.3 is 0 Å². The van der Waals surface area contributed by atoms with E-state index in [-0.39, 0.29) is 11.3 Å². The number of sulfonamides is 1. The van der Waals surface area contributed by atoms with Crippen LogP contribution in [0, 0.1) is 0 Å². The summed E-state index contributed by atoms with van der Waals surface area (Å²) in [5.74, 6) is 0.496. The van der Waals surface area contributed by atoms with Crippen LogP contribution in [0.15, 0.2) is 24.3 Å². The molecule has 1 heterocycles. The number of carbonyl (C=O) groups excluding carboxylic acids is 1. The third-order valence-corrected chi connectivity index (χ3v) is 5.61. The molecule has 1 atom stereocenters. The lowest BCUT2D eigenvalue weighted by molar-refractivity contribution is -0.124. The molecule has 1 aliphatic rings. The third-order valence-electron chi connectivity index (χ3n) is 4.32. The van der Waals surface area contributed by atoms with Crippen molar-refractivity contribution in [2.75, 3.05) is 26.0 Å². The number of nitrogens with zero attached hydrogens (tertiary/aromatic N) is 1. The first-order chi connectivity index (χ1) is 11.6. The molecule has 1 unspecified atom stereocenters. The van der Waals surface area contributed by atoms with Gasteiger partial charge < -0.3 is 10.1 Å². The van der Waals surface area contributed by atoms with Crippen molar-refractivity contribution in [3.63, 3.8) is 0 Å². The highest BCUT2D eigenvalue weighted by Crippen LogP contribution is 2.24. The molecule has 6 nitrogen and oxygen atoms in total. The summed E-state index contributed by atoms with van der Waals surface area (Å²) in [5.41, 5.74) is 1.33. The first-order valence-corrected chi connectivity index (χ1v) is 10.4. The van der Waals surface area contributed by atoms with Gasteiger partial charge in [0.1, 0.15) is 18.4 Å². The highest BCUT2D eigenvalue weighted by atomic mass is 32.2. The van der Waals surface area contributed by atoms with E-state index in [1.165, 1.54) is 9.87 Å². The molecule has 0 saturated carbocycles. The minimum Gasteiger partial charge on any atom is -0.492 e. The van der Waals surface area contributed by atoms with Crippen LogP contribution in [0.1, 0.15) is 39.2 Å². The standard InChI is InChI=1S/C18H28N2O4S/c1-18(2,3)14-7-9-15(10-8-14)24-13-11-19-17(21)16-6-5-12-20(16)25(4,22)23/h7-10,16H,5-6,11-13H2,1-4H3,(H,19,21). The van der Waals surface area contributed by atoms with Crippen LogP contribution >= 0.6 is 0 Å². The number of amides is 1. The predicted molar refractivity (Wildman–Crippen MR) is 98.2 cm³/mol. The summed E-state index contributed by atoms with van der Waals surface area (Å²) < 4.78 is 30.3. The van der Waals surface area contributed by atoms with Gasteiger partial charge in [0.25, 0.3) is 0 Å². The maximum absolute atomic E-state index is 12.2.